The number of nitrogens with zero attached hydrogens (tertiary/aromatic N) is 1. The van der Waals surface area contributed by atoms with Crippen LogP contribution in [0, 0.1) is 29.0 Å². The van der Waals surface area contributed by atoms with Gasteiger partial charge in [-0.1, -0.05) is 0 Å². The third-order valence-electron chi connectivity index (χ3n) is 1.42. The first-order valence-corrected chi connectivity index (χ1v) is 3.51. The molecule has 0 aliphatic heterocycles. The monoisotopic (exact) mass is 175 g/mol. The third kappa shape index (κ3) is 2.21. The number of ether oxygens (including phenoxy) is 1. The van der Waals surface area contributed by atoms with Crippen molar-refractivity contribution in [2.75, 3.05) is 7.11 Å². The number of benzene rings is 1. The van der Waals surface area contributed by atoms with Gasteiger partial charge in [-0.15, -0.1) is 0 Å². The number of hydrogen-bond acceptors (Lipinski definition) is 2. The molecule has 0 bridgehead atoms. The van der Waals surface area contributed by atoms with Gasteiger partial charge in [0.2, 0.25) is 0 Å². The molecule has 0 amide bonds. The molecule has 2 nitrogen and oxygen atoms in total. The second kappa shape index (κ2) is 4.13. The fourth-order valence-corrected chi connectivity index (χ4v) is 0.864. The average molecular weight is 175 g/mol. The van der Waals surface area contributed by atoms with E-state index in [0.29, 0.717) is 11.3 Å². The molecule has 0 heterocycles. The molecule has 1 rings (SSSR count). The Morgan fingerprint density at radius 1 is 1.46 bits per heavy atom. The lowest BCUT2D eigenvalue weighted by Crippen LogP contribution is -1.88. The van der Waals surface area contributed by atoms with Crippen LogP contribution < -0.4 is 4.74 Å². The van der Waals surface area contributed by atoms with Crippen LogP contribution >= 0.6 is 0 Å². The molecule has 0 aliphatic carbocycles. The second-order valence-electron chi connectivity index (χ2n) is 2.21. The van der Waals surface area contributed by atoms with Crippen LogP contribution in [0.4, 0.5) is 4.39 Å². The summed E-state index contributed by atoms with van der Waals surface area (Å²) in [6.45, 7) is 0. The van der Waals surface area contributed by atoms with Crippen LogP contribution in [0.1, 0.15) is 5.56 Å². The van der Waals surface area contributed by atoms with Crippen molar-refractivity contribution in [2.24, 2.45) is 0 Å². The minimum absolute atomic E-state index is 0.336. The molecule has 0 aromatic heterocycles. The van der Waals surface area contributed by atoms with E-state index in [1.54, 1.807) is 6.07 Å². The van der Waals surface area contributed by atoms with Gasteiger partial charge in [0.15, 0.2) is 6.07 Å². The molecule has 0 fully saturated rings. The lowest BCUT2D eigenvalue weighted by molar-refractivity contribution is 0.410. The van der Waals surface area contributed by atoms with Crippen LogP contribution in [0.2, 0.25) is 0 Å². The van der Waals surface area contributed by atoms with Crippen molar-refractivity contribution >= 4 is 0 Å². The molecular formula is C10H6FNO. The molecule has 64 valence electrons. The second-order valence-corrected chi connectivity index (χ2v) is 2.21. The molecule has 3 heteroatoms. The zero-order chi connectivity index (χ0) is 9.68. The van der Waals surface area contributed by atoms with E-state index in [1.165, 1.54) is 25.3 Å². The number of halogens is 1. The number of hydrogen-bond donors (Lipinski definition) is 0. The van der Waals surface area contributed by atoms with Crippen LogP contribution in [-0.2, 0) is 0 Å². The Labute approximate surface area is 75.6 Å². The summed E-state index contributed by atoms with van der Waals surface area (Å²) in [6, 6.07) is 5.63. The molecule has 0 atom stereocenters. The van der Waals surface area contributed by atoms with Crippen molar-refractivity contribution < 1.29 is 9.13 Å². The van der Waals surface area contributed by atoms with Gasteiger partial charge in [0.05, 0.1) is 12.7 Å². The summed E-state index contributed by atoms with van der Waals surface area (Å²) in [5, 5.41) is 8.21. The first kappa shape index (κ1) is 9.09. The highest BCUT2D eigenvalue weighted by Crippen LogP contribution is 2.17. The molecule has 1 aromatic rings. The molecule has 13 heavy (non-hydrogen) atoms. The van der Waals surface area contributed by atoms with E-state index >= 15 is 0 Å². The Bertz CT molecular complexity index is 409. The summed E-state index contributed by atoms with van der Waals surface area (Å²) in [5.41, 5.74) is 0.505. The van der Waals surface area contributed by atoms with Crippen LogP contribution in [0.15, 0.2) is 18.2 Å². The number of methoxy groups -OCH3 is 1. The van der Waals surface area contributed by atoms with Gasteiger partial charge in [0, 0.05) is 12.0 Å². The maximum Gasteiger partial charge on any atom is 0.152 e. The van der Waals surface area contributed by atoms with Gasteiger partial charge < -0.3 is 4.74 Å². The van der Waals surface area contributed by atoms with E-state index in [9.17, 15) is 4.39 Å². The summed E-state index contributed by atoms with van der Waals surface area (Å²) in [6.07, 6.45) is 0. The lowest BCUT2D eigenvalue weighted by atomic mass is 10.2. The smallest absolute Gasteiger partial charge is 0.152 e. The van der Waals surface area contributed by atoms with Gasteiger partial charge in [0.25, 0.3) is 0 Å². The van der Waals surface area contributed by atoms with Crippen LogP contribution in [0.5, 0.6) is 5.75 Å². The summed E-state index contributed by atoms with van der Waals surface area (Å²) in [5.74, 6) is 4.70. The highest BCUT2D eigenvalue weighted by molar-refractivity contribution is 5.47. The van der Waals surface area contributed by atoms with Gasteiger partial charge in [0.1, 0.15) is 11.6 Å². The molecule has 0 unspecified atom stereocenters. The van der Waals surface area contributed by atoms with Crippen molar-refractivity contribution in [3.8, 4) is 23.7 Å². The summed E-state index contributed by atoms with van der Waals surface area (Å²) < 4.78 is 17.5. The third-order valence-corrected chi connectivity index (χ3v) is 1.42. The quantitative estimate of drug-likeness (QED) is 0.608. The predicted molar refractivity (Wildman–Crippen MR) is 45.4 cm³/mol. The van der Waals surface area contributed by atoms with Crippen molar-refractivity contribution in [3.63, 3.8) is 0 Å². The standard InChI is InChI=1S/C10H6FNO/c1-13-10-7-9(11)5-4-8(10)3-2-6-12/h4-5,7H,1H3. The molecule has 0 spiro atoms. The van der Waals surface area contributed by atoms with Crippen molar-refractivity contribution in [2.45, 2.75) is 0 Å². The molecule has 0 N–H and O–H groups in total. The number of nitriles is 1. The van der Waals surface area contributed by atoms with Gasteiger partial charge in [-0.3, -0.25) is 0 Å². The van der Waals surface area contributed by atoms with Gasteiger partial charge in [-0.05, 0) is 18.1 Å². The fraction of sp³-hybridized carbons (Fsp3) is 0.100. The Hall–Kier alpha value is -2.00. The number of rotatable bonds is 1. The van der Waals surface area contributed by atoms with Crippen LogP contribution in [-0.4, -0.2) is 7.11 Å². The van der Waals surface area contributed by atoms with Crippen molar-refractivity contribution in [1.29, 1.82) is 5.26 Å². The normalized spacial score (nSPS) is 8.08. The highest BCUT2D eigenvalue weighted by atomic mass is 19.1. The van der Waals surface area contributed by atoms with E-state index < -0.39 is 0 Å². The molecule has 0 aliphatic rings. The maximum absolute atomic E-state index is 12.7. The zero-order valence-corrected chi connectivity index (χ0v) is 6.97. The molecular weight excluding hydrogens is 169 g/mol. The van der Waals surface area contributed by atoms with Crippen molar-refractivity contribution in [3.05, 3.63) is 29.6 Å². The van der Waals surface area contributed by atoms with E-state index in [0.717, 1.165) is 0 Å². The van der Waals surface area contributed by atoms with E-state index in [2.05, 4.69) is 11.8 Å². The summed E-state index contributed by atoms with van der Waals surface area (Å²) >= 11 is 0. The SMILES string of the molecule is COc1cc(F)ccc1C#CC#N. The Morgan fingerprint density at radius 2 is 2.23 bits per heavy atom. The van der Waals surface area contributed by atoms with Crippen molar-refractivity contribution in [1.82, 2.24) is 0 Å². The minimum Gasteiger partial charge on any atom is -0.495 e. The average Bonchev–Trinajstić information content (AvgIpc) is 2.16. The van der Waals surface area contributed by atoms with E-state index in [1.807, 2.05) is 0 Å². The van der Waals surface area contributed by atoms with Crippen LogP contribution in [0.25, 0.3) is 0 Å². The zero-order valence-electron chi connectivity index (χ0n) is 6.97. The summed E-state index contributed by atoms with van der Waals surface area (Å²) in [7, 11) is 1.42. The maximum atomic E-state index is 12.7. The van der Waals surface area contributed by atoms with E-state index in [4.69, 9.17) is 10.00 Å². The molecule has 0 radical (unpaired) electrons. The summed E-state index contributed by atoms with van der Waals surface area (Å²) in [4.78, 5) is 0. The fourth-order valence-electron chi connectivity index (χ4n) is 0.864. The van der Waals surface area contributed by atoms with Gasteiger partial charge >= 0.3 is 0 Å². The Kier molecular flexibility index (Phi) is 2.89. The molecule has 1 aromatic carbocycles. The van der Waals surface area contributed by atoms with Crippen LogP contribution in [0.3, 0.4) is 0 Å². The highest BCUT2D eigenvalue weighted by Gasteiger charge is 2.00. The molecule has 0 saturated heterocycles. The minimum atomic E-state index is -0.389. The molecule has 0 saturated carbocycles. The predicted octanol–water partition coefficient (Wildman–Crippen LogP) is 1.71. The Morgan fingerprint density at radius 3 is 2.85 bits per heavy atom. The first-order valence-electron chi connectivity index (χ1n) is 3.51. The topological polar surface area (TPSA) is 33.0 Å². The van der Waals surface area contributed by atoms with Gasteiger partial charge in [-0.2, -0.15) is 5.26 Å². The van der Waals surface area contributed by atoms with Gasteiger partial charge in [-0.25, -0.2) is 4.39 Å². The Balaban J connectivity index is 3.15. The lowest BCUT2D eigenvalue weighted by Gasteiger charge is -2.01. The first-order chi connectivity index (χ1) is 6.27. The largest absolute Gasteiger partial charge is 0.495 e. The van der Waals surface area contributed by atoms with E-state index in [-0.39, 0.29) is 5.82 Å².